The molecular formula is C45H46O16P4. The topological polar surface area (TPSA) is 223 Å². The molecule has 1 aliphatic rings. The predicted molar refractivity (Wildman–Crippen MR) is 243 cm³/mol. The van der Waals surface area contributed by atoms with E-state index in [9.17, 15) is 37.8 Å². The van der Waals surface area contributed by atoms with Gasteiger partial charge >= 0.3 is 31.3 Å². The quantitative estimate of drug-likeness (QED) is 0.0523. The summed E-state index contributed by atoms with van der Waals surface area (Å²) in [5, 5.41) is 0.591. The molecule has 5 unspecified atom stereocenters. The lowest BCUT2D eigenvalue weighted by Gasteiger charge is -2.37. The average molecular weight is 967 g/mol. The highest BCUT2D eigenvalue weighted by Crippen LogP contribution is 2.63. The summed E-state index contributed by atoms with van der Waals surface area (Å²) >= 11 is 0. The number of aryl methyl sites for hydroxylation is 8. The molecule has 1 aliphatic carbocycles. The Balaban J connectivity index is 1.31. The minimum absolute atomic E-state index is 0.0333. The summed E-state index contributed by atoms with van der Waals surface area (Å²) in [6.07, 6.45) is 0.843. The van der Waals surface area contributed by atoms with Gasteiger partial charge in [-0.25, -0.2) is 27.3 Å². The van der Waals surface area contributed by atoms with Gasteiger partial charge < -0.3 is 27.1 Å². The fraction of sp³-hybridized carbons (Fsp3) is 0.200. The van der Waals surface area contributed by atoms with Gasteiger partial charge in [0.15, 0.2) is 0 Å². The summed E-state index contributed by atoms with van der Waals surface area (Å²) in [4.78, 5) is 45.3. The summed E-state index contributed by atoms with van der Waals surface area (Å²) in [5.41, 5.74) is 3.37. The molecule has 0 spiro atoms. The van der Waals surface area contributed by atoms with Gasteiger partial charge in [-0.1, -0.05) is 91.0 Å². The molecule has 65 heavy (non-hydrogen) atoms. The zero-order chi connectivity index (χ0) is 47.3. The molecule has 4 N–H and O–H groups in total. The molecule has 7 rings (SSSR count). The lowest BCUT2D eigenvalue weighted by Crippen LogP contribution is -2.33. The molecule has 0 radical (unpaired) electrons. The normalized spacial score (nSPS) is 18.2. The van der Waals surface area contributed by atoms with E-state index in [1.54, 1.807) is 114 Å². The number of rotatable bonds is 16. The molecule has 0 bridgehead atoms. The molecule has 0 amide bonds. The molecule has 16 nitrogen and oxygen atoms in total. The fourth-order valence-corrected chi connectivity index (χ4v) is 11.6. The van der Waals surface area contributed by atoms with E-state index in [-0.39, 0.29) is 56.4 Å². The predicted octanol–water partition coefficient (Wildman–Crippen LogP) is 12.0. The molecule has 0 saturated heterocycles. The minimum Gasteiger partial charge on any atom is -0.403 e. The summed E-state index contributed by atoms with van der Waals surface area (Å²) in [6, 6.07) is 27.0. The van der Waals surface area contributed by atoms with Crippen molar-refractivity contribution in [1.82, 2.24) is 0 Å². The zero-order valence-electron chi connectivity index (χ0n) is 36.4. The van der Waals surface area contributed by atoms with Gasteiger partial charge in [-0.2, -0.15) is 0 Å². The molecule has 20 heteroatoms. The van der Waals surface area contributed by atoms with E-state index in [0.717, 1.165) is 6.08 Å². The highest BCUT2D eigenvalue weighted by molar-refractivity contribution is 7.49. The van der Waals surface area contributed by atoms with Gasteiger partial charge in [0.1, 0.15) is 34.5 Å². The first-order valence-corrected chi connectivity index (χ1v) is 25.8. The summed E-state index contributed by atoms with van der Waals surface area (Å²) in [7, 11) is -21.0. The van der Waals surface area contributed by atoms with Crippen LogP contribution in [0.5, 0.6) is 28.7 Å². The third-order valence-corrected chi connectivity index (χ3v) is 13.8. The zero-order valence-corrected chi connectivity index (χ0v) is 39.9. The van der Waals surface area contributed by atoms with Crippen molar-refractivity contribution in [2.75, 3.05) is 0 Å². The highest BCUT2D eigenvalue weighted by atomic mass is 31.2. The Morgan fingerprint density at radius 3 is 1.20 bits per heavy atom. The minimum atomic E-state index is -5.61. The lowest BCUT2D eigenvalue weighted by molar-refractivity contribution is -0.104. The maximum absolute atomic E-state index is 14.5. The molecule has 0 aromatic heterocycles. The second kappa shape index (κ2) is 17.9. The van der Waals surface area contributed by atoms with Gasteiger partial charge in [-0.15, -0.1) is 0 Å². The molecule has 5 atom stereocenters. The van der Waals surface area contributed by atoms with Gasteiger partial charge in [0, 0.05) is 22.6 Å². The van der Waals surface area contributed by atoms with Crippen LogP contribution in [0, 0.1) is 55.4 Å². The Hall–Kier alpha value is -5.20. The average Bonchev–Trinajstić information content (AvgIpc) is 3.19. The van der Waals surface area contributed by atoms with E-state index in [2.05, 4.69) is 0 Å². The number of hydrogen-bond acceptors (Lipinski definition) is 12. The molecule has 0 aliphatic heterocycles. The molecular weight excluding hydrogens is 920 g/mol. The van der Waals surface area contributed by atoms with Crippen LogP contribution in [0.25, 0.3) is 16.5 Å². The number of phosphoric acid groups is 4. The van der Waals surface area contributed by atoms with Gasteiger partial charge in [-0.05, 0) is 117 Å². The monoisotopic (exact) mass is 966 g/mol. The first kappa shape index (κ1) is 47.8. The van der Waals surface area contributed by atoms with Crippen molar-refractivity contribution in [2.45, 2.75) is 61.2 Å². The third kappa shape index (κ3) is 10.6. The molecule has 342 valence electrons. The summed E-state index contributed by atoms with van der Waals surface area (Å²) in [5.74, 6) is -3.70. The van der Waals surface area contributed by atoms with Crippen molar-refractivity contribution < 1.29 is 74.0 Å². The first-order chi connectivity index (χ1) is 30.4. The Morgan fingerprint density at radius 1 is 0.415 bits per heavy atom. The Kier molecular flexibility index (Phi) is 13.1. The van der Waals surface area contributed by atoms with E-state index in [1.807, 2.05) is 0 Å². The summed E-state index contributed by atoms with van der Waals surface area (Å²) in [6.45, 7) is 12.9. The molecule has 6 aromatic rings. The van der Waals surface area contributed by atoms with Crippen LogP contribution in [0.15, 0.2) is 109 Å². The SMILES string of the molecule is Cc1cccc(C)c1OP(=O)(O)OC1=CC(OP(=O)(O)Oc2c(C)cccc2C)(OP(=O)(O)Oc2c(C)cc(OP(=O)(O)Oc3c(C)cccc3C)cc2C)c2cccc3cccc1c23. The van der Waals surface area contributed by atoms with Crippen LogP contribution < -0.4 is 22.6 Å². The van der Waals surface area contributed by atoms with Gasteiger partial charge in [0.05, 0.1) is 0 Å². The van der Waals surface area contributed by atoms with Crippen LogP contribution >= 0.6 is 31.3 Å². The Labute approximate surface area is 375 Å². The smallest absolute Gasteiger partial charge is 0.403 e. The molecule has 0 saturated carbocycles. The van der Waals surface area contributed by atoms with E-state index in [1.165, 1.54) is 44.2 Å². The standard InChI is InChI=1S/C45H46O16P4/c1-27-14-9-15-28(2)41(27)56-62(46,47)54-36-24-33(7)44(34(8)25-36)59-65(52,53)61-45(60-64(50,51)58-43-31(5)18-11-19-32(43)6)26-39(37-22-12-20-35-21-13-23-38(45)40(35)37)55-63(48,49)57-42-29(3)16-10-17-30(42)4/h9-26H,1-8H3,(H,46,47)(H,48,49)(H,50,51)(H,52,53). The van der Waals surface area contributed by atoms with Crippen molar-refractivity contribution in [1.29, 1.82) is 0 Å². The Bertz CT molecular complexity index is 3010. The molecule has 0 heterocycles. The number of phosphoric ester groups is 4. The summed E-state index contributed by atoms with van der Waals surface area (Å²) < 4.78 is 101. The van der Waals surface area contributed by atoms with Crippen LogP contribution in [0.2, 0.25) is 0 Å². The van der Waals surface area contributed by atoms with Gasteiger partial charge in [0.2, 0.25) is 5.79 Å². The van der Waals surface area contributed by atoms with Crippen LogP contribution in [-0.4, -0.2) is 19.6 Å². The number of para-hydroxylation sites is 3. The third-order valence-electron chi connectivity index (χ3n) is 10.3. The first-order valence-electron chi connectivity index (χ1n) is 19.8. The largest absolute Gasteiger partial charge is 0.584 e. The maximum atomic E-state index is 14.5. The van der Waals surface area contributed by atoms with E-state index in [0.29, 0.717) is 38.8 Å². The Morgan fingerprint density at radius 2 is 0.769 bits per heavy atom. The van der Waals surface area contributed by atoms with Crippen LogP contribution in [-0.2, 0) is 37.6 Å². The molecule has 6 aromatic carbocycles. The highest BCUT2D eigenvalue weighted by Gasteiger charge is 2.52. The second-order valence-electron chi connectivity index (χ2n) is 15.5. The van der Waals surface area contributed by atoms with Crippen LogP contribution in [0.4, 0.5) is 0 Å². The van der Waals surface area contributed by atoms with Crippen molar-refractivity contribution in [3.8, 4) is 28.7 Å². The fourth-order valence-electron chi connectivity index (χ4n) is 7.48. The second-order valence-corrected chi connectivity index (χ2v) is 20.7. The van der Waals surface area contributed by atoms with Crippen molar-refractivity contribution in [3.05, 3.63) is 165 Å². The number of hydrogen-bond donors (Lipinski definition) is 4. The van der Waals surface area contributed by atoms with Crippen molar-refractivity contribution in [3.63, 3.8) is 0 Å². The number of benzene rings is 6. The van der Waals surface area contributed by atoms with E-state index >= 15 is 0 Å². The van der Waals surface area contributed by atoms with Crippen molar-refractivity contribution >= 4 is 47.8 Å². The maximum Gasteiger partial charge on any atom is 0.584 e. The lowest BCUT2D eigenvalue weighted by atomic mass is 9.88. The van der Waals surface area contributed by atoms with Crippen LogP contribution in [0.1, 0.15) is 55.6 Å². The van der Waals surface area contributed by atoms with E-state index in [4.69, 9.17) is 36.2 Å². The molecule has 0 fully saturated rings. The van der Waals surface area contributed by atoms with Gasteiger partial charge in [-0.3, -0.25) is 19.6 Å². The van der Waals surface area contributed by atoms with E-state index < -0.39 is 42.8 Å². The van der Waals surface area contributed by atoms with Crippen molar-refractivity contribution in [2.24, 2.45) is 0 Å². The van der Waals surface area contributed by atoms with Crippen LogP contribution in [0.3, 0.4) is 0 Å². The van der Waals surface area contributed by atoms with Gasteiger partial charge in [0.25, 0.3) is 0 Å².